The highest BCUT2D eigenvalue weighted by Gasteiger charge is 2.95. The van der Waals surface area contributed by atoms with Crippen molar-refractivity contribution >= 4 is 31.5 Å². The number of carbonyl (C=O) groups is 1. The number of hydrogen-bond acceptors (Lipinski definition) is 12. The first-order chi connectivity index (χ1) is 40.2. The van der Waals surface area contributed by atoms with Crippen LogP contribution < -0.4 is 20.3 Å². The Morgan fingerprint density at radius 3 is 1.69 bits per heavy atom. The number of aromatic amines is 1. The highest BCUT2D eigenvalue weighted by atomic mass is 31.2. The second-order valence-electron chi connectivity index (χ2n) is 20.7. The number of ether oxygens (including phenoxy) is 4. The van der Waals surface area contributed by atoms with Crippen LogP contribution in [0.15, 0.2) is 83.9 Å². The van der Waals surface area contributed by atoms with Gasteiger partial charge in [-0.15, -0.1) is 0 Å². The SMILES string of the molecule is COc1ccc(C(OC[C@H]2OC(n3cnc4c(=O)[nH]c(NC(=O)C(C)C)nc43)C[C@@H]2OP(OCCC#N)N(C(C)C)C(C)C)(c2ccc(CCC(F)(F)C(F)(F)C(F)(F)C(F)(F)C(F)(F)C(F)(F)C(F)(F)C(F)(F)F)cc2)c2ccc(OC)cc2)cc1. The molecular weight excluding hydrogens is 1230 g/mol. The number of halogens is 17. The first-order valence-corrected chi connectivity index (χ1v) is 27.3. The number of alkyl halides is 17. The van der Waals surface area contributed by atoms with Crippen molar-refractivity contribution in [3.8, 4) is 17.6 Å². The molecule has 5 aromatic rings. The molecule has 0 spiro atoms. The molecule has 1 fully saturated rings. The molecule has 3 heterocycles. The fourth-order valence-electron chi connectivity index (χ4n) is 9.17. The summed E-state index contributed by atoms with van der Waals surface area (Å²) in [5, 5.41) is 12.0. The molecule has 1 amide bonds. The Hall–Kier alpha value is -6.39. The van der Waals surface area contributed by atoms with Crippen LogP contribution >= 0.6 is 8.53 Å². The molecule has 33 heteroatoms. The minimum absolute atomic E-state index is 0.0395. The number of carbonyl (C=O) groups excluding carboxylic acids is 1. The molecule has 4 atom stereocenters. The summed E-state index contributed by atoms with van der Waals surface area (Å²) in [6, 6.07) is 17.9. The lowest BCUT2D eigenvalue weighted by atomic mass is 9.79. The normalized spacial score (nSPS) is 17.4. The number of H-pyrrole nitrogens is 1. The van der Waals surface area contributed by atoms with Crippen molar-refractivity contribution in [1.82, 2.24) is 24.2 Å². The van der Waals surface area contributed by atoms with Gasteiger partial charge in [-0.05, 0) is 80.6 Å². The maximum absolute atomic E-state index is 15.3. The molecule has 15 nitrogen and oxygen atoms in total. The van der Waals surface area contributed by atoms with E-state index in [2.05, 4.69) is 20.3 Å². The Balaban J connectivity index is 1.44. The van der Waals surface area contributed by atoms with E-state index in [-0.39, 0.29) is 65.3 Å². The second kappa shape index (κ2) is 26.0. The number of anilines is 1. The lowest BCUT2D eigenvalue weighted by Gasteiger charge is -2.42. The third-order valence-electron chi connectivity index (χ3n) is 13.9. The summed E-state index contributed by atoms with van der Waals surface area (Å²) < 4.78 is 281. The maximum atomic E-state index is 15.3. The predicted octanol–water partition coefficient (Wildman–Crippen LogP) is 13.6. The Bertz CT molecular complexity index is 3200. The molecule has 480 valence electrons. The number of hydrogen-bond donors (Lipinski definition) is 2. The predicted molar refractivity (Wildman–Crippen MR) is 277 cm³/mol. The molecule has 3 aromatic carbocycles. The molecule has 2 N–H and O–H groups in total. The van der Waals surface area contributed by atoms with Gasteiger partial charge in [0.15, 0.2) is 11.2 Å². The van der Waals surface area contributed by atoms with Gasteiger partial charge in [-0.25, -0.2) is 9.65 Å². The van der Waals surface area contributed by atoms with Gasteiger partial charge >= 0.3 is 47.6 Å². The Morgan fingerprint density at radius 2 is 1.23 bits per heavy atom. The van der Waals surface area contributed by atoms with Crippen LogP contribution in [0.5, 0.6) is 11.5 Å². The Labute approximate surface area is 486 Å². The number of rotatable bonds is 28. The molecule has 6 rings (SSSR count). The first kappa shape index (κ1) is 69.7. The summed E-state index contributed by atoms with van der Waals surface area (Å²) in [5.41, 5.74) is -2.84. The maximum Gasteiger partial charge on any atom is 0.460 e. The van der Waals surface area contributed by atoms with E-state index in [1.807, 2.05) is 38.4 Å². The smallest absolute Gasteiger partial charge is 0.460 e. The molecule has 1 saturated heterocycles. The number of aryl methyl sites for hydroxylation is 1. The van der Waals surface area contributed by atoms with E-state index < -0.39 is 123 Å². The lowest BCUT2D eigenvalue weighted by molar-refractivity contribution is -0.461. The number of amides is 1. The largest absolute Gasteiger partial charge is 0.497 e. The zero-order chi connectivity index (χ0) is 65.3. The van der Waals surface area contributed by atoms with Gasteiger partial charge < -0.3 is 28.0 Å². The standard InChI is InChI=1S/C54H57F17N7O8P/c1-29(2)43(79)75-45-74-42-41(44(80)76-45)73-28-77(42)40-26-38(86-87(84-25-9-24-72)78(30(3)4)31(5)6)39(85-40)27-83-47(34-14-18-36(81-7)19-15-34,35-16-20-37(82-8)21-17-35)33-12-10-32(11-13-33)22-23-46(55,56)48(57,58)49(59,60)50(61,62)51(63,64)52(65,66)53(67,68)54(69,70)71/h10-21,28-31,38-40H,9,22-23,25-27H2,1-8H3,(H2,74,75,76,79,80)/t38-,39+,40?,87?/m0/s1. The number of aromatic nitrogens is 4. The van der Waals surface area contributed by atoms with Crippen LogP contribution in [0.25, 0.3) is 11.2 Å². The van der Waals surface area contributed by atoms with E-state index in [0.29, 0.717) is 11.5 Å². The van der Waals surface area contributed by atoms with Crippen LogP contribution in [0.2, 0.25) is 0 Å². The number of benzene rings is 3. The van der Waals surface area contributed by atoms with E-state index in [1.54, 1.807) is 13.8 Å². The minimum atomic E-state index is -8.76. The van der Waals surface area contributed by atoms with Crippen molar-refractivity contribution in [3.63, 3.8) is 0 Å². The molecule has 1 aliphatic rings. The molecule has 0 saturated carbocycles. The summed E-state index contributed by atoms with van der Waals surface area (Å²) in [7, 11) is 0.647. The molecule has 1 aliphatic heterocycles. The third-order valence-corrected chi connectivity index (χ3v) is 16.1. The average molecular weight is 1290 g/mol. The van der Waals surface area contributed by atoms with E-state index >= 15 is 17.6 Å². The highest BCUT2D eigenvalue weighted by Crippen LogP contribution is 2.64. The van der Waals surface area contributed by atoms with Gasteiger partial charge in [-0.2, -0.15) is 84.9 Å². The fourth-order valence-corrected chi connectivity index (χ4v) is 10.9. The summed E-state index contributed by atoms with van der Waals surface area (Å²) in [5.74, 6) is -57.9. The summed E-state index contributed by atoms with van der Waals surface area (Å²) in [4.78, 5) is 37.2. The number of nitrogens with one attached hydrogen (secondary N) is 2. The first-order valence-electron chi connectivity index (χ1n) is 26.1. The third kappa shape index (κ3) is 13.2. The average Bonchev–Trinajstić information content (AvgIpc) is 1.51. The zero-order valence-electron chi connectivity index (χ0n) is 47.1. The van der Waals surface area contributed by atoms with Crippen molar-refractivity contribution in [2.75, 3.05) is 32.8 Å². The lowest BCUT2D eigenvalue weighted by Crippen LogP contribution is -2.74. The highest BCUT2D eigenvalue weighted by molar-refractivity contribution is 7.44. The topological polar surface area (TPSA) is 175 Å². The Morgan fingerprint density at radius 1 is 0.747 bits per heavy atom. The number of nitrogens with zero attached hydrogens (tertiary/aromatic N) is 5. The van der Waals surface area contributed by atoms with E-state index in [1.165, 1.54) is 73.6 Å². The van der Waals surface area contributed by atoms with Crippen LogP contribution in [0.4, 0.5) is 80.6 Å². The monoisotopic (exact) mass is 1290 g/mol. The summed E-state index contributed by atoms with van der Waals surface area (Å²) in [6.07, 6.45) is -14.3. The zero-order valence-corrected chi connectivity index (χ0v) is 48.0. The van der Waals surface area contributed by atoms with Gasteiger partial charge in [0.1, 0.15) is 29.4 Å². The van der Waals surface area contributed by atoms with Gasteiger partial charge in [-0.3, -0.25) is 24.5 Å². The van der Waals surface area contributed by atoms with Crippen molar-refractivity contribution in [2.45, 2.75) is 151 Å². The number of imidazole rings is 1. The van der Waals surface area contributed by atoms with Crippen molar-refractivity contribution in [2.24, 2.45) is 5.92 Å². The molecular formula is C54H57F17N7O8P. The Kier molecular flexibility index (Phi) is 20.8. The van der Waals surface area contributed by atoms with Crippen molar-refractivity contribution < 1.29 is 107 Å². The molecule has 0 radical (unpaired) electrons. The van der Waals surface area contributed by atoms with Crippen molar-refractivity contribution in [1.29, 1.82) is 5.26 Å². The van der Waals surface area contributed by atoms with Crippen LogP contribution in [0.1, 0.15) is 89.3 Å². The van der Waals surface area contributed by atoms with Gasteiger partial charge in [0, 0.05) is 30.8 Å². The molecule has 87 heavy (non-hydrogen) atoms. The minimum Gasteiger partial charge on any atom is -0.497 e. The van der Waals surface area contributed by atoms with Crippen molar-refractivity contribution in [3.05, 3.63) is 112 Å². The summed E-state index contributed by atoms with van der Waals surface area (Å²) >= 11 is 0. The fraction of sp³-hybridized carbons (Fsp3) is 0.537. The summed E-state index contributed by atoms with van der Waals surface area (Å²) in [6.45, 7) is 10.1. The van der Waals surface area contributed by atoms with Crippen LogP contribution in [0.3, 0.4) is 0 Å². The molecule has 0 aliphatic carbocycles. The van der Waals surface area contributed by atoms with E-state index in [0.717, 1.165) is 24.3 Å². The van der Waals surface area contributed by atoms with E-state index in [4.69, 9.17) is 28.0 Å². The van der Waals surface area contributed by atoms with Gasteiger partial charge in [0.25, 0.3) is 14.1 Å². The van der Waals surface area contributed by atoms with E-state index in [9.17, 15) is 71.9 Å². The number of methoxy groups -OCH3 is 2. The number of nitriles is 1. The van der Waals surface area contributed by atoms with Gasteiger partial charge in [-0.1, -0.05) is 62.4 Å². The van der Waals surface area contributed by atoms with Gasteiger partial charge in [0.05, 0.1) is 52.4 Å². The second-order valence-corrected chi connectivity index (χ2v) is 22.1. The van der Waals surface area contributed by atoms with Crippen LogP contribution in [-0.4, -0.2) is 129 Å². The van der Waals surface area contributed by atoms with Gasteiger partial charge in [0.2, 0.25) is 11.9 Å². The molecule has 0 bridgehead atoms. The van der Waals surface area contributed by atoms with Crippen LogP contribution in [-0.2, 0) is 35.3 Å². The quantitative estimate of drug-likeness (QED) is 0.0210. The van der Waals surface area contributed by atoms with Crippen LogP contribution in [0, 0.1) is 17.2 Å². The number of fused-ring (bicyclic) bond motifs is 1. The molecule has 2 aromatic heterocycles. The molecule has 2 unspecified atom stereocenters.